The Morgan fingerprint density at radius 1 is 1.15 bits per heavy atom. The van der Waals surface area contributed by atoms with Gasteiger partial charge in [-0.25, -0.2) is 9.97 Å². The van der Waals surface area contributed by atoms with Gasteiger partial charge in [-0.1, -0.05) is 6.07 Å². The summed E-state index contributed by atoms with van der Waals surface area (Å²) in [5.74, 6) is -1.45. The fourth-order valence-corrected chi connectivity index (χ4v) is 4.47. The van der Waals surface area contributed by atoms with E-state index in [9.17, 15) is 14.4 Å². The minimum atomic E-state index is -0.782. The van der Waals surface area contributed by atoms with Crippen molar-refractivity contribution in [1.29, 1.82) is 0 Å². The zero-order chi connectivity index (χ0) is 23.1. The smallest absolute Gasteiger partial charge is 0.306 e. The molecule has 0 unspecified atom stereocenters. The maximum absolute atomic E-state index is 13.3. The Hall–Kier alpha value is -4.01. The molecule has 0 saturated heterocycles. The van der Waals surface area contributed by atoms with Gasteiger partial charge in [-0.15, -0.1) is 0 Å². The summed E-state index contributed by atoms with van der Waals surface area (Å²) in [5.41, 5.74) is 2.41. The van der Waals surface area contributed by atoms with E-state index in [-0.39, 0.29) is 29.1 Å². The minimum absolute atomic E-state index is 0.0959. The number of aromatic nitrogens is 4. The monoisotopic (exact) mass is 445 g/mol. The summed E-state index contributed by atoms with van der Waals surface area (Å²) in [4.78, 5) is 46.4. The zero-order valence-electron chi connectivity index (χ0n) is 18.1. The molecule has 0 radical (unpaired) electrons. The van der Waals surface area contributed by atoms with Crippen LogP contribution < -0.4 is 10.9 Å². The number of rotatable bonds is 4. The van der Waals surface area contributed by atoms with Crippen LogP contribution in [0.25, 0.3) is 27.8 Å². The van der Waals surface area contributed by atoms with Crippen molar-refractivity contribution in [3.8, 4) is 11.3 Å². The first-order valence-corrected chi connectivity index (χ1v) is 10.9. The van der Waals surface area contributed by atoms with Crippen LogP contribution in [0.4, 0.5) is 0 Å². The molecule has 3 aromatic heterocycles. The Balaban J connectivity index is 1.48. The molecule has 9 nitrogen and oxygen atoms in total. The Morgan fingerprint density at radius 2 is 1.94 bits per heavy atom. The second-order valence-electron chi connectivity index (χ2n) is 8.55. The van der Waals surface area contributed by atoms with E-state index in [2.05, 4.69) is 15.3 Å². The van der Waals surface area contributed by atoms with Crippen molar-refractivity contribution in [1.82, 2.24) is 24.3 Å². The number of fused-ring (bicyclic) bond motifs is 2. The molecule has 0 spiro atoms. The lowest BCUT2D eigenvalue weighted by Gasteiger charge is -2.26. The zero-order valence-corrected chi connectivity index (χ0v) is 18.1. The van der Waals surface area contributed by atoms with Gasteiger partial charge in [-0.05, 0) is 49.9 Å². The summed E-state index contributed by atoms with van der Waals surface area (Å²) in [6.45, 7) is 0. The van der Waals surface area contributed by atoms with Crippen molar-refractivity contribution >= 4 is 28.4 Å². The molecule has 0 aliphatic heterocycles. The molecule has 1 aliphatic carbocycles. The highest BCUT2D eigenvalue weighted by Crippen LogP contribution is 2.25. The van der Waals surface area contributed by atoms with Crippen LogP contribution in [-0.4, -0.2) is 42.0 Å². The van der Waals surface area contributed by atoms with Crippen molar-refractivity contribution < 1.29 is 14.7 Å². The molecule has 33 heavy (non-hydrogen) atoms. The molecule has 1 aromatic carbocycles. The van der Waals surface area contributed by atoms with Crippen LogP contribution in [0.5, 0.6) is 0 Å². The highest BCUT2D eigenvalue weighted by molar-refractivity contribution is 6.00. The van der Waals surface area contributed by atoms with Gasteiger partial charge in [-0.2, -0.15) is 0 Å². The number of nitrogens with zero attached hydrogens (tertiary/aromatic N) is 4. The molecule has 1 amide bonds. The summed E-state index contributed by atoms with van der Waals surface area (Å²) in [7, 11) is 1.88. The second kappa shape index (κ2) is 8.16. The quantitative estimate of drug-likeness (QED) is 0.466. The number of aryl methyl sites for hydroxylation is 1. The maximum Gasteiger partial charge on any atom is 0.306 e. The van der Waals surface area contributed by atoms with E-state index < -0.39 is 5.97 Å². The number of hydrogen-bond donors (Lipinski definition) is 2. The van der Waals surface area contributed by atoms with E-state index in [1.807, 2.05) is 23.9 Å². The number of carboxylic acids is 1. The Morgan fingerprint density at radius 3 is 2.64 bits per heavy atom. The Bertz CT molecular complexity index is 1450. The van der Waals surface area contributed by atoms with Gasteiger partial charge in [-0.3, -0.25) is 18.8 Å². The standard InChI is InChI=1S/C24H23N5O4/c1-28-12-20(25-13-28)15-6-9-19-18(11-15)23(31)29-10-2-3-17(21(29)27-19)22(30)26-16-7-4-14(5-8-16)24(32)33/h2-3,6,9-14,16H,4-5,7-8H2,1H3,(H,26,30)(H,32,33). The predicted octanol–water partition coefficient (Wildman–Crippen LogP) is 2.62. The van der Waals surface area contributed by atoms with Crippen LogP contribution in [-0.2, 0) is 11.8 Å². The Kier molecular flexibility index (Phi) is 5.16. The number of imidazole rings is 1. The first-order valence-electron chi connectivity index (χ1n) is 10.9. The molecular formula is C24H23N5O4. The van der Waals surface area contributed by atoms with Gasteiger partial charge in [0.15, 0.2) is 5.65 Å². The fraction of sp³-hybridized carbons (Fsp3) is 0.292. The lowest BCUT2D eigenvalue weighted by Crippen LogP contribution is -2.39. The van der Waals surface area contributed by atoms with Crippen molar-refractivity contribution in [3.05, 3.63) is 65.0 Å². The van der Waals surface area contributed by atoms with Crippen LogP contribution in [0.1, 0.15) is 36.0 Å². The predicted molar refractivity (Wildman–Crippen MR) is 122 cm³/mol. The number of pyridine rings is 1. The Labute approximate surface area is 188 Å². The molecule has 3 heterocycles. The van der Waals surface area contributed by atoms with E-state index in [0.717, 1.165) is 11.3 Å². The molecule has 168 valence electrons. The average Bonchev–Trinajstić information content (AvgIpc) is 3.25. The lowest BCUT2D eigenvalue weighted by atomic mass is 9.86. The SMILES string of the molecule is Cn1cnc(-c2ccc3nc4c(C(=O)NC5CCC(C(=O)O)CC5)cccn4c(=O)c3c2)c1. The second-order valence-corrected chi connectivity index (χ2v) is 8.55. The third-order valence-corrected chi connectivity index (χ3v) is 6.30. The molecule has 5 rings (SSSR count). The van der Waals surface area contributed by atoms with Gasteiger partial charge in [0.1, 0.15) is 0 Å². The largest absolute Gasteiger partial charge is 0.481 e. The van der Waals surface area contributed by atoms with Gasteiger partial charge >= 0.3 is 5.97 Å². The van der Waals surface area contributed by atoms with E-state index in [0.29, 0.717) is 42.1 Å². The number of carbonyl (C=O) groups excluding carboxylic acids is 1. The topological polar surface area (TPSA) is 119 Å². The van der Waals surface area contributed by atoms with Gasteiger partial charge in [0.25, 0.3) is 11.5 Å². The number of benzene rings is 1. The molecule has 0 atom stereocenters. The number of aliphatic carboxylic acids is 1. The van der Waals surface area contributed by atoms with Crippen molar-refractivity contribution in [2.75, 3.05) is 0 Å². The van der Waals surface area contributed by atoms with E-state index in [1.165, 1.54) is 4.40 Å². The number of hydrogen-bond acceptors (Lipinski definition) is 5. The molecule has 1 saturated carbocycles. The maximum atomic E-state index is 13.3. The van der Waals surface area contributed by atoms with Crippen LogP contribution in [0.3, 0.4) is 0 Å². The number of amides is 1. The van der Waals surface area contributed by atoms with Gasteiger partial charge < -0.3 is 15.0 Å². The third-order valence-electron chi connectivity index (χ3n) is 6.30. The van der Waals surface area contributed by atoms with Crippen LogP contribution in [0.2, 0.25) is 0 Å². The molecule has 2 N–H and O–H groups in total. The molecular weight excluding hydrogens is 422 g/mol. The summed E-state index contributed by atoms with van der Waals surface area (Å²) >= 11 is 0. The molecule has 9 heteroatoms. The van der Waals surface area contributed by atoms with Crippen LogP contribution >= 0.6 is 0 Å². The van der Waals surface area contributed by atoms with Crippen molar-refractivity contribution in [2.24, 2.45) is 13.0 Å². The van der Waals surface area contributed by atoms with E-state index in [1.54, 1.807) is 36.8 Å². The molecule has 0 bridgehead atoms. The van der Waals surface area contributed by atoms with Crippen LogP contribution in [0, 0.1) is 5.92 Å². The summed E-state index contributed by atoms with van der Waals surface area (Å²) in [6.07, 6.45) is 7.48. The average molecular weight is 445 g/mol. The third kappa shape index (κ3) is 3.86. The number of nitrogens with one attached hydrogen (secondary N) is 1. The van der Waals surface area contributed by atoms with Gasteiger partial charge in [0.05, 0.1) is 34.4 Å². The molecule has 1 fully saturated rings. The first kappa shape index (κ1) is 20.9. The minimum Gasteiger partial charge on any atom is -0.481 e. The highest BCUT2D eigenvalue weighted by atomic mass is 16.4. The van der Waals surface area contributed by atoms with Gasteiger partial charge in [0, 0.05) is 31.0 Å². The fourth-order valence-electron chi connectivity index (χ4n) is 4.47. The highest BCUT2D eigenvalue weighted by Gasteiger charge is 2.27. The number of carboxylic acid groups (broad SMARTS) is 1. The molecule has 4 aromatic rings. The molecule has 1 aliphatic rings. The van der Waals surface area contributed by atoms with E-state index in [4.69, 9.17) is 5.11 Å². The van der Waals surface area contributed by atoms with Crippen molar-refractivity contribution in [2.45, 2.75) is 31.7 Å². The first-order chi connectivity index (χ1) is 15.9. The summed E-state index contributed by atoms with van der Waals surface area (Å²) in [5, 5.41) is 12.6. The van der Waals surface area contributed by atoms with E-state index >= 15 is 0 Å². The summed E-state index contributed by atoms with van der Waals surface area (Å²) in [6, 6.07) is 8.60. The normalized spacial score (nSPS) is 18.5. The lowest BCUT2D eigenvalue weighted by molar-refractivity contribution is -0.142. The van der Waals surface area contributed by atoms with Crippen molar-refractivity contribution in [3.63, 3.8) is 0 Å². The van der Waals surface area contributed by atoms with Crippen LogP contribution in [0.15, 0.2) is 53.8 Å². The summed E-state index contributed by atoms with van der Waals surface area (Å²) < 4.78 is 3.23. The number of carbonyl (C=O) groups is 2. The van der Waals surface area contributed by atoms with Gasteiger partial charge in [0.2, 0.25) is 0 Å².